The Morgan fingerprint density at radius 1 is 1.40 bits per heavy atom. The predicted octanol–water partition coefficient (Wildman–Crippen LogP) is 0.731. The molecule has 1 aromatic heterocycles. The third kappa shape index (κ3) is 2.52. The van der Waals surface area contributed by atoms with Crippen molar-refractivity contribution in [1.82, 2.24) is 19.6 Å². The lowest BCUT2D eigenvalue weighted by atomic mass is 10.1. The molecule has 2 N–H and O–H groups in total. The summed E-state index contributed by atoms with van der Waals surface area (Å²) in [4.78, 5) is 17.0. The van der Waals surface area contributed by atoms with Crippen LogP contribution >= 0.6 is 0 Å². The number of carbonyl (C=O) groups is 1. The molecule has 112 valence electrons. The van der Waals surface area contributed by atoms with Crippen molar-refractivity contribution >= 4 is 11.6 Å². The molecule has 6 nitrogen and oxygen atoms in total. The van der Waals surface area contributed by atoms with Crippen LogP contribution in [0.4, 0.5) is 5.69 Å². The molecule has 1 aliphatic heterocycles. The smallest absolute Gasteiger partial charge is 0.274 e. The zero-order chi connectivity index (χ0) is 14.9. The van der Waals surface area contributed by atoms with E-state index in [2.05, 4.69) is 23.8 Å². The van der Waals surface area contributed by atoms with E-state index >= 15 is 0 Å². The van der Waals surface area contributed by atoms with Crippen molar-refractivity contribution in [3.8, 4) is 0 Å². The minimum absolute atomic E-state index is 0.000182. The van der Waals surface area contributed by atoms with Gasteiger partial charge in [-0.2, -0.15) is 5.10 Å². The molecular formula is C14H25N5O. The highest BCUT2D eigenvalue weighted by Gasteiger charge is 2.29. The molecule has 20 heavy (non-hydrogen) atoms. The van der Waals surface area contributed by atoms with Crippen molar-refractivity contribution in [2.75, 3.05) is 31.9 Å². The fraction of sp³-hybridized carbons (Fsp3) is 0.714. The van der Waals surface area contributed by atoms with Gasteiger partial charge in [0.05, 0.1) is 11.4 Å². The Balaban J connectivity index is 2.18. The average Bonchev–Trinajstić information content (AvgIpc) is 2.72. The molecule has 1 saturated heterocycles. The quantitative estimate of drug-likeness (QED) is 0.886. The molecule has 1 aromatic rings. The number of nitrogens with two attached hydrogens (primary N) is 1. The number of carbonyl (C=O) groups excluding carboxylic acids is 1. The van der Waals surface area contributed by atoms with E-state index in [1.165, 1.54) is 0 Å². The van der Waals surface area contributed by atoms with Crippen molar-refractivity contribution < 1.29 is 4.79 Å². The Labute approximate surface area is 120 Å². The number of aryl methyl sites for hydroxylation is 2. The van der Waals surface area contributed by atoms with Gasteiger partial charge in [0.25, 0.3) is 5.91 Å². The van der Waals surface area contributed by atoms with Gasteiger partial charge < -0.3 is 10.6 Å². The second kappa shape index (κ2) is 5.83. The van der Waals surface area contributed by atoms with E-state index in [9.17, 15) is 4.79 Å². The second-order valence-electron chi connectivity index (χ2n) is 5.41. The molecule has 6 heteroatoms. The molecule has 0 aromatic carbocycles. The molecule has 0 bridgehead atoms. The van der Waals surface area contributed by atoms with Gasteiger partial charge in [0.15, 0.2) is 0 Å². The molecule has 1 unspecified atom stereocenters. The molecule has 1 fully saturated rings. The predicted molar refractivity (Wildman–Crippen MR) is 79.6 cm³/mol. The van der Waals surface area contributed by atoms with Gasteiger partial charge in [-0.05, 0) is 19.9 Å². The maximum atomic E-state index is 12.7. The maximum absolute atomic E-state index is 12.7. The third-order valence-corrected chi connectivity index (χ3v) is 4.16. The Bertz CT molecular complexity index is 496. The van der Waals surface area contributed by atoms with Crippen LogP contribution < -0.4 is 5.73 Å². The van der Waals surface area contributed by atoms with Crippen LogP contribution in [0.25, 0.3) is 0 Å². The van der Waals surface area contributed by atoms with E-state index in [0.717, 1.165) is 38.3 Å². The molecule has 1 aliphatic rings. The minimum atomic E-state index is -0.000182. The van der Waals surface area contributed by atoms with E-state index in [1.807, 2.05) is 11.8 Å². The van der Waals surface area contributed by atoms with Gasteiger partial charge in [0, 0.05) is 32.7 Å². The molecular weight excluding hydrogens is 254 g/mol. The van der Waals surface area contributed by atoms with E-state index < -0.39 is 0 Å². The number of hydrogen-bond donors (Lipinski definition) is 1. The number of nitrogen functional groups attached to an aromatic ring is 1. The third-order valence-electron chi connectivity index (χ3n) is 4.16. The standard InChI is InChI=1S/C14H25N5O/c1-5-11-12(15)13(17(4)16-11)14(20)19-8-7-18(6-2)10(3)9-19/h10H,5-9,15H2,1-4H3. The Hall–Kier alpha value is -1.56. The van der Waals surface area contributed by atoms with Crippen molar-refractivity contribution in [3.63, 3.8) is 0 Å². The molecule has 1 atom stereocenters. The number of hydrogen-bond acceptors (Lipinski definition) is 4. The number of aromatic nitrogens is 2. The summed E-state index contributed by atoms with van der Waals surface area (Å²) >= 11 is 0. The van der Waals surface area contributed by atoms with Crippen molar-refractivity contribution in [2.24, 2.45) is 7.05 Å². The van der Waals surface area contributed by atoms with Gasteiger partial charge >= 0.3 is 0 Å². The first-order chi connectivity index (χ1) is 9.49. The van der Waals surface area contributed by atoms with Crippen molar-refractivity contribution in [3.05, 3.63) is 11.4 Å². The van der Waals surface area contributed by atoms with Gasteiger partial charge in [-0.3, -0.25) is 14.4 Å². The number of rotatable bonds is 3. The van der Waals surface area contributed by atoms with Crippen LogP contribution in [0.3, 0.4) is 0 Å². The minimum Gasteiger partial charge on any atom is -0.395 e. The summed E-state index contributed by atoms with van der Waals surface area (Å²) < 4.78 is 1.62. The monoisotopic (exact) mass is 279 g/mol. The van der Waals surface area contributed by atoms with E-state index in [0.29, 0.717) is 17.4 Å². The fourth-order valence-corrected chi connectivity index (χ4v) is 2.91. The highest BCUT2D eigenvalue weighted by molar-refractivity contribution is 5.98. The van der Waals surface area contributed by atoms with Gasteiger partial charge in [0.2, 0.25) is 0 Å². The second-order valence-corrected chi connectivity index (χ2v) is 5.41. The average molecular weight is 279 g/mol. The largest absolute Gasteiger partial charge is 0.395 e. The number of likely N-dealkylation sites (N-methyl/N-ethyl adjacent to an activating group) is 1. The summed E-state index contributed by atoms with van der Waals surface area (Å²) in [7, 11) is 1.79. The van der Waals surface area contributed by atoms with Gasteiger partial charge in [0.1, 0.15) is 5.69 Å². The molecule has 0 spiro atoms. The lowest BCUT2D eigenvalue weighted by Gasteiger charge is -2.39. The normalized spacial score (nSPS) is 20.4. The van der Waals surface area contributed by atoms with Gasteiger partial charge in [-0.25, -0.2) is 0 Å². The van der Waals surface area contributed by atoms with Crippen LogP contribution in [0.15, 0.2) is 0 Å². The first kappa shape index (κ1) is 14.8. The summed E-state index contributed by atoms with van der Waals surface area (Å²) in [6, 6.07) is 0.387. The van der Waals surface area contributed by atoms with Crippen molar-refractivity contribution in [2.45, 2.75) is 33.2 Å². The lowest BCUT2D eigenvalue weighted by Crippen LogP contribution is -2.53. The van der Waals surface area contributed by atoms with E-state index in [-0.39, 0.29) is 5.91 Å². The molecule has 2 heterocycles. The van der Waals surface area contributed by atoms with Crippen LogP contribution in [-0.4, -0.2) is 57.7 Å². The molecule has 1 amide bonds. The highest BCUT2D eigenvalue weighted by Crippen LogP contribution is 2.20. The summed E-state index contributed by atoms with van der Waals surface area (Å²) in [6.07, 6.45) is 0.743. The summed E-state index contributed by atoms with van der Waals surface area (Å²) in [5.41, 5.74) is 7.93. The van der Waals surface area contributed by atoms with E-state index in [4.69, 9.17) is 5.73 Å². The first-order valence-corrected chi connectivity index (χ1v) is 7.34. The molecule has 0 saturated carbocycles. The Morgan fingerprint density at radius 2 is 2.10 bits per heavy atom. The SMILES string of the molecule is CCc1nn(C)c(C(=O)N2CCN(CC)C(C)C2)c1N. The summed E-state index contributed by atoms with van der Waals surface area (Å²) in [6.45, 7) is 9.75. The highest BCUT2D eigenvalue weighted by atomic mass is 16.2. The van der Waals surface area contributed by atoms with Crippen LogP contribution in [0, 0.1) is 0 Å². The van der Waals surface area contributed by atoms with Crippen LogP contribution in [0.1, 0.15) is 37.0 Å². The summed E-state index contributed by atoms with van der Waals surface area (Å²) in [5, 5.41) is 4.33. The van der Waals surface area contributed by atoms with Crippen LogP contribution in [0.2, 0.25) is 0 Å². The zero-order valence-electron chi connectivity index (χ0n) is 12.9. The van der Waals surface area contributed by atoms with Crippen LogP contribution in [0.5, 0.6) is 0 Å². The lowest BCUT2D eigenvalue weighted by molar-refractivity contribution is 0.0519. The molecule has 0 aliphatic carbocycles. The molecule has 2 rings (SSSR count). The number of nitrogens with zero attached hydrogens (tertiary/aromatic N) is 4. The van der Waals surface area contributed by atoms with Crippen LogP contribution in [-0.2, 0) is 13.5 Å². The number of amides is 1. The zero-order valence-corrected chi connectivity index (χ0v) is 12.9. The van der Waals surface area contributed by atoms with Gasteiger partial charge in [-0.1, -0.05) is 13.8 Å². The first-order valence-electron chi connectivity index (χ1n) is 7.34. The Kier molecular flexibility index (Phi) is 4.32. The number of anilines is 1. The van der Waals surface area contributed by atoms with E-state index in [1.54, 1.807) is 11.7 Å². The maximum Gasteiger partial charge on any atom is 0.274 e. The molecule has 0 radical (unpaired) electrons. The Morgan fingerprint density at radius 3 is 2.60 bits per heavy atom. The topological polar surface area (TPSA) is 67.4 Å². The van der Waals surface area contributed by atoms with Crippen molar-refractivity contribution in [1.29, 1.82) is 0 Å². The number of piperazine rings is 1. The van der Waals surface area contributed by atoms with Gasteiger partial charge in [-0.15, -0.1) is 0 Å². The summed E-state index contributed by atoms with van der Waals surface area (Å²) in [5.74, 6) is -0.000182. The fourth-order valence-electron chi connectivity index (χ4n) is 2.91.